The van der Waals surface area contributed by atoms with Crippen LogP contribution in [0.5, 0.6) is 0 Å². The Kier molecular flexibility index (Phi) is 7.71. The number of nitrogens with zero attached hydrogens (tertiary/aromatic N) is 3. The Morgan fingerprint density at radius 2 is 1.85 bits per heavy atom. The third kappa shape index (κ3) is 5.11. The summed E-state index contributed by atoms with van der Waals surface area (Å²) in [6, 6.07) is 9.06. The van der Waals surface area contributed by atoms with Crippen LogP contribution in [0.25, 0.3) is 0 Å². The highest BCUT2D eigenvalue weighted by Gasteiger charge is 2.69. The van der Waals surface area contributed by atoms with Crippen molar-refractivity contribution in [3.8, 4) is 0 Å². The molecule has 7 rings (SSSR count). The van der Waals surface area contributed by atoms with Crippen LogP contribution >= 0.6 is 11.6 Å². The van der Waals surface area contributed by atoms with Crippen LogP contribution in [-0.4, -0.2) is 55.7 Å². The number of hydrogen-bond donors (Lipinski definition) is 1. The van der Waals surface area contributed by atoms with Crippen molar-refractivity contribution < 1.29 is 32.4 Å². The summed E-state index contributed by atoms with van der Waals surface area (Å²) in [6.07, 6.45) is 3.00. The molecule has 0 radical (unpaired) electrons. The zero-order chi connectivity index (χ0) is 29.0. The number of anilines is 2. The molecule has 5 aliphatic rings. The van der Waals surface area contributed by atoms with Gasteiger partial charge in [0.1, 0.15) is 0 Å². The van der Waals surface area contributed by atoms with Gasteiger partial charge < -0.3 is 19.9 Å². The Balaban J connectivity index is 1.17. The van der Waals surface area contributed by atoms with Gasteiger partial charge in [0.25, 0.3) is 10.0 Å². The zero-order valence-corrected chi connectivity index (χ0v) is 25.0. The summed E-state index contributed by atoms with van der Waals surface area (Å²) < 4.78 is 47.6. The molecule has 2 aromatic rings. The van der Waals surface area contributed by atoms with Crippen molar-refractivity contribution in [3.63, 3.8) is 0 Å². The van der Waals surface area contributed by atoms with Crippen LogP contribution in [-0.2, 0) is 34.0 Å². The second kappa shape index (κ2) is 10.9. The number of benzene rings is 1. The molecule has 1 aromatic heterocycles. The summed E-state index contributed by atoms with van der Waals surface area (Å²) in [5, 5.41) is 8.03. The number of sulfonamides is 1. The van der Waals surface area contributed by atoms with E-state index in [1.54, 1.807) is 12.1 Å². The van der Waals surface area contributed by atoms with Crippen molar-refractivity contribution in [3.05, 3.63) is 41.6 Å². The Bertz CT molecular complexity index is 1350. The summed E-state index contributed by atoms with van der Waals surface area (Å²) in [5.74, 6) is 0.200. The predicted molar refractivity (Wildman–Crippen MR) is 150 cm³/mol. The second-order valence-corrected chi connectivity index (χ2v) is 14.1. The van der Waals surface area contributed by atoms with Gasteiger partial charge in [0, 0.05) is 30.5 Å². The third-order valence-electron chi connectivity index (χ3n) is 9.23. The van der Waals surface area contributed by atoms with E-state index in [9.17, 15) is 8.42 Å². The lowest BCUT2D eigenvalue weighted by Gasteiger charge is -2.60. The lowest BCUT2D eigenvalue weighted by molar-refractivity contribution is -0.577. The highest BCUT2D eigenvalue weighted by molar-refractivity contribution is 7.92. The minimum atomic E-state index is -3.95. The first-order valence-electron chi connectivity index (χ1n) is 14.2. The normalized spacial score (nSPS) is 36.4. The molecule has 5 heterocycles. The summed E-state index contributed by atoms with van der Waals surface area (Å²) in [7, 11) is -3.95. The SMILES string of the molecule is C[C@H]1[C@@H](OCCCN(c2ccc(Cl)nn2)S(=O)(=O)c2ccc(N)cc2)O[C@@H]2O[C@@]3(C)CCC4[C@H](C)CC[C@@H]1[C@]42OO3. The van der Waals surface area contributed by atoms with Crippen molar-refractivity contribution in [2.75, 3.05) is 23.2 Å². The van der Waals surface area contributed by atoms with Crippen LogP contribution in [0.3, 0.4) is 0 Å². The van der Waals surface area contributed by atoms with E-state index in [0.717, 1.165) is 25.7 Å². The summed E-state index contributed by atoms with van der Waals surface area (Å²) in [5.41, 5.74) is 5.57. The number of halogens is 1. The molecular weight excluding hydrogens is 572 g/mol. The van der Waals surface area contributed by atoms with E-state index < -0.39 is 34.0 Å². The lowest BCUT2D eigenvalue weighted by Crippen LogP contribution is -2.70. The Labute approximate surface area is 245 Å². The molecule has 13 heteroatoms. The van der Waals surface area contributed by atoms with Crippen LogP contribution in [0.1, 0.15) is 52.9 Å². The average molecular weight is 609 g/mol. The Hall–Kier alpha value is -2.06. The van der Waals surface area contributed by atoms with Gasteiger partial charge in [-0.05, 0) is 80.8 Å². The molecule has 1 saturated carbocycles. The van der Waals surface area contributed by atoms with Gasteiger partial charge in [0.2, 0.25) is 5.79 Å². The largest absolute Gasteiger partial charge is 0.399 e. The maximum atomic E-state index is 13.6. The summed E-state index contributed by atoms with van der Waals surface area (Å²) in [6.45, 7) is 6.65. The molecule has 4 saturated heterocycles. The third-order valence-corrected chi connectivity index (χ3v) is 11.2. The van der Waals surface area contributed by atoms with Crippen LogP contribution in [0.15, 0.2) is 41.3 Å². The van der Waals surface area contributed by atoms with Crippen LogP contribution in [0.2, 0.25) is 5.15 Å². The van der Waals surface area contributed by atoms with Gasteiger partial charge in [-0.15, -0.1) is 10.2 Å². The van der Waals surface area contributed by atoms with Gasteiger partial charge in [-0.25, -0.2) is 22.5 Å². The number of hydrogen-bond acceptors (Lipinski definition) is 10. The lowest BCUT2D eigenvalue weighted by atomic mass is 9.58. The standard InChI is InChI=1S/C28H37ClN4O7S/c1-17-5-10-22-18(2)25(37-26-28(22)21(17)13-14-27(3,38-26)39-40-28)36-16-4-15-33(24-12-11-23(29)31-32-24)41(34,35)20-8-6-19(30)7-9-20/h6-9,11-12,17-18,21-22,25-26H,4-5,10,13-16,30H2,1-3H3/t17-,18-,21?,22+,25+,26-,27-,28-/m1/s1. The van der Waals surface area contributed by atoms with Gasteiger partial charge in [0.05, 0.1) is 11.5 Å². The molecule has 1 spiro atoms. The van der Waals surface area contributed by atoms with E-state index in [4.69, 9.17) is 41.3 Å². The van der Waals surface area contributed by atoms with E-state index in [2.05, 4.69) is 24.0 Å². The van der Waals surface area contributed by atoms with Crippen LogP contribution < -0.4 is 10.0 Å². The molecule has 1 aliphatic carbocycles. The topological polar surface area (TPSA) is 135 Å². The van der Waals surface area contributed by atoms with Crippen molar-refractivity contribution in [1.82, 2.24) is 10.2 Å². The Morgan fingerprint density at radius 3 is 2.59 bits per heavy atom. The van der Waals surface area contributed by atoms with E-state index in [1.165, 1.54) is 28.6 Å². The number of rotatable bonds is 8. The molecule has 224 valence electrons. The number of aromatic nitrogens is 2. The minimum absolute atomic E-state index is 0.0210. The van der Waals surface area contributed by atoms with E-state index in [1.807, 2.05) is 6.92 Å². The first-order valence-corrected chi connectivity index (χ1v) is 16.0. The molecule has 5 fully saturated rings. The average Bonchev–Trinajstić information content (AvgIpc) is 3.18. The molecule has 0 amide bonds. The minimum Gasteiger partial charge on any atom is -0.399 e. The predicted octanol–water partition coefficient (Wildman–Crippen LogP) is 4.52. The molecule has 2 bridgehead atoms. The van der Waals surface area contributed by atoms with Gasteiger partial charge >= 0.3 is 0 Å². The van der Waals surface area contributed by atoms with E-state index in [-0.39, 0.29) is 46.8 Å². The molecule has 4 aliphatic heterocycles. The highest BCUT2D eigenvalue weighted by Crippen LogP contribution is 2.60. The van der Waals surface area contributed by atoms with Gasteiger partial charge in [0.15, 0.2) is 29.2 Å². The smallest absolute Gasteiger partial charge is 0.265 e. The van der Waals surface area contributed by atoms with E-state index >= 15 is 0 Å². The quantitative estimate of drug-likeness (QED) is 0.259. The summed E-state index contributed by atoms with van der Waals surface area (Å²) >= 11 is 5.91. The maximum absolute atomic E-state index is 13.6. The fourth-order valence-electron chi connectivity index (χ4n) is 7.04. The number of fused-ring (bicyclic) bond motifs is 2. The number of nitrogen functional groups attached to an aromatic ring is 1. The molecule has 1 aromatic carbocycles. The number of ether oxygens (including phenoxy) is 3. The number of nitrogens with two attached hydrogens (primary N) is 1. The second-order valence-electron chi connectivity index (χ2n) is 11.9. The zero-order valence-electron chi connectivity index (χ0n) is 23.4. The van der Waals surface area contributed by atoms with Crippen molar-refractivity contribution in [1.29, 1.82) is 0 Å². The molecular formula is C28H37ClN4O7S. The van der Waals surface area contributed by atoms with Crippen LogP contribution in [0, 0.1) is 23.7 Å². The van der Waals surface area contributed by atoms with Crippen molar-refractivity contribution in [2.24, 2.45) is 23.7 Å². The fraction of sp³-hybridized carbons (Fsp3) is 0.643. The van der Waals surface area contributed by atoms with E-state index in [0.29, 0.717) is 18.0 Å². The molecule has 2 N–H and O–H groups in total. The highest BCUT2D eigenvalue weighted by atomic mass is 35.5. The first-order chi connectivity index (χ1) is 19.5. The summed E-state index contributed by atoms with van der Waals surface area (Å²) in [4.78, 5) is 12.2. The van der Waals surface area contributed by atoms with Gasteiger partial charge in [-0.2, -0.15) is 0 Å². The molecule has 8 atom stereocenters. The molecule has 11 nitrogen and oxygen atoms in total. The maximum Gasteiger partial charge on any atom is 0.265 e. The van der Waals surface area contributed by atoms with Crippen LogP contribution in [0.4, 0.5) is 11.5 Å². The van der Waals surface area contributed by atoms with Gasteiger partial charge in [-0.1, -0.05) is 25.4 Å². The molecule has 41 heavy (non-hydrogen) atoms. The monoisotopic (exact) mass is 608 g/mol. The fourth-order valence-corrected chi connectivity index (χ4v) is 8.59. The van der Waals surface area contributed by atoms with Crippen molar-refractivity contribution in [2.45, 2.75) is 81.7 Å². The Morgan fingerprint density at radius 1 is 1.07 bits per heavy atom. The first kappa shape index (κ1) is 29.0. The van der Waals surface area contributed by atoms with Crippen molar-refractivity contribution >= 4 is 33.1 Å². The molecule has 1 unspecified atom stereocenters. The van der Waals surface area contributed by atoms with Gasteiger partial charge in [-0.3, -0.25) is 0 Å².